The first-order valence-electron chi connectivity index (χ1n) is 10.5. The van der Waals surface area contributed by atoms with E-state index in [0.717, 1.165) is 29.0 Å². The molecule has 0 aliphatic rings. The third-order valence-electron chi connectivity index (χ3n) is 4.99. The average Bonchev–Trinajstić information content (AvgIpc) is 2.76. The second kappa shape index (κ2) is 11.9. The van der Waals surface area contributed by atoms with E-state index >= 15 is 0 Å². The van der Waals surface area contributed by atoms with Gasteiger partial charge in [0.2, 0.25) is 21.8 Å². The number of benzene rings is 2. The van der Waals surface area contributed by atoms with Crippen LogP contribution in [0.25, 0.3) is 0 Å². The van der Waals surface area contributed by atoms with Crippen molar-refractivity contribution in [3.05, 3.63) is 65.2 Å². The fourth-order valence-corrected chi connectivity index (χ4v) is 4.10. The number of halogens is 1. The van der Waals surface area contributed by atoms with Crippen LogP contribution in [0, 0.1) is 0 Å². The van der Waals surface area contributed by atoms with Gasteiger partial charge in [-0.1, -0.05) is 55.3 Å². The van der Waals surface area contributed by atoms with Gasteiger partial charge in [0.15, 0.2) is 0 Å². The van der Waals surface area contributed by atoms with E-state index in [4.69, 9.17) is 11.6 Å². The zero-order chi connectivity index (χ0) is 23.7. The van der Waals surface area contributed by atoms with Crippen LogP contribution in [0.3, 0.4) is 0 Å². The van der Waals surface area contributed by atoms with E-state index in [1.807, 2.05) is 37.3 Å². The number of anilines is 1. The van der Waals surface area contributed by atoms with Crippen LogP contribution >= 0.6 is 11.6 Å². The molecule has 0 fully saturated rings. The molecule has 0 bridgehead atoms. The van der Waals surface area contributed by atoms with Crippen molar-refractivity contribution in [1.82, 2.24) is 10.2 Å². The summed E-state index contributed by atoms with van der Waals surface area (Å²) in [6.07, 6.45) is 2.81. The number of rotatable bonds is 11. The van der Waals surface area contributed by atoms with Crippen LogP contribution in [0.15, 0.2) is 54.6 Å². The summed E-state index contributed by atoms with van der Waals surface area (Å²) >= 11 is 5.92. The highest BCUT2D eigenvalue weighted by Gasteiger charge is 2.29. The topological polar surface area (TPSA) is 86.8 Å². The summed E-state index contributed by atoms with van der Waals surface area (Å²) in [7, 11) is -3.75. The zero-order valence-corrected chi connectivity index (χ0v) is 20.2. The molecule has 0 saturated heterocycles. The van der Waals surface area contributed by atoms with Gasteiger partial charge in [0, 0.05) is 18.1 Å². The lowest BCUT2D eigenvalue weighted by Crippen LogP contribution is -2.51. The lowest BCUT2D eigenvalue weighted by Gasteiger charge is -2.31. The molecule has 7 nitrogen and oxygen atoms in total. The maximum absolute atomic E-state index is 13.3. The summed E-state index contributed by atoms with van der Waals surface area (Å²) in [5, 5.41) is 3.30. The van der Waals surface area contributed by atoms with Crippen molar-refractivity contribution in [3.8, 4) is 0 Å². The highest BCUT2D eigenvalue weighted by atomic mass is 35.5. The van der Waals surface area contributed by atoms with Gasteiger partial charge in [0.25, 0.3) is 0 Å². The van der Waals surface area contributed by atoms with Gasteiger partial charge >= 0.3 is 0 Å². The number of carbonyl (C=O) groups excluding carboxylic acids is 2. The standard InChI is InChI=1S/C23H30ClN3O4S/c1-4-5-15-25-23(29)18(2)26(16-19-9-7-6-8-10-19)22(28)17-27(32(3,30)31)21-13-11-20(24)12-14-21/h6-14,18H,4-5,15-17H2,1-3H3,(H,25,29)/t18-/m1/s1. The third-order valence-corrected chi connectivity index (χ3v) is 6.38. The fourth-order valence-electron chi connectivity index (χ4n) is 3.12. The second-order valence-electron chi connectivity index (χ2n) is 7.57. The van der Waals surface area contributed by atoms with Crippen LogP contribution in [0.5, 0.6) is 0 Å². The lowest BCUT2D eigenvalue weighted by atomic mass is 10.1. The van der Waals surface area contributed by atoms with E-state index in [-0.39, 0.29) is 12.5 Å². The Morgan fingerprint density at radius 2 is 1.69 bits per heavy atom. The molecule has 0 spiro atoms. The lowest BCUT2D eigenvalue weighted by molar-refractivity contribution is -0.139. The number of hydrogen-bond donors (Lipinski definition) is 1. The van der Waals surface area contributed by atoms with E-state index in [2.05, 4.69) is 5.32 Å². The van der Waals surface area contributed by atoms with Gasteiger partial charge < -0.3 is 10.2 Å². The monoisotopic (exact) mass is 479 g/mol. The van der Waals surface area contributed by atoms with Gasteiger partial charge in [-0.2, -0.15) is 0 Å². The van der Waals surface area contributed by atoms with E-state index in [9.17, 15) is 18.0 Å². The molecule has 2 amide bonds. The van der Waals surface area contributed by atoms with Crippen LogP contribution in [-0.2, 0) is 26.2 Å². The summed E-state index contributed by atoms with van der Waals surface area (Å²) < 4.78 is 25.9. The van der Waals surface area contributed by atoms with Gasteiger partial charge in [-0.05, 0) is 43.2 Å². The van der Waals surface area contributed by atoms with Crippen LogP contribution in [0.4, 0.5) is 5.69 Å². The van der Waals surface area contributed by atoms with Gasteiger partial charge in [0.1, 0.15) is 12.6 Å². The SMILES string of the molecule is CCCCNC(=O)[C@@H](C)N(Cc1ccccc1)C(=O)CN(c1ccc(Cl)cc1)S(C)(=O)=O. The Bertz CT molecular complexity index is 998. The molecule has 2 aromatic carbocycles. The summed E-state index contributed by atoms with van der Waals surface area (Å²) in [6, 6.07) is 14.7. The molecule has 2 aromatic rings. The minimum atomic E-state index is -3.75. The molecule has 0 aromatic heterocycles. The molecule has 0 unspecified atom stereocenters. The largest absolute Gasteiger partial charge is 0.354 e. The van der Waals surface area contributed by atoms with Crippen molar-refractivity contribution in [2.45, 2.75) is 39.3 Å². The maximum atomic E-state index is 13.3. The second-order valence-corrected chi connectivity index (χ2v) is 9.92. The molecule has 0 aliphatic heterocycles. The van der Waals surface area contributed by atoms with Crippen molar-refractivity contribution in [1.29, 1.82) is 0 Å². The summed E-state index contributed by atoms with van der Waals surface area (Å²) in [6.45, 7) is 3.94. The van der Waals surface area contributed by atoms with Crippen LogP contribution in [0.2, 0.25) is 5.02 Å². The Labute approximate surface area is 195 Å². The number of amides is 2. The molecule has 32 heavy (non-hydrogen) atoms. The Morgan fingerprint density at radius 3 is 2.25 bits per heavy atom. The van der Waals surface area contributed by atoms with Gasteiger partial charge in [-0.15, -0.1) is 0 Å². The Balaban J connectivity index is 2.30. The van der Waals surface area contributed by atoms with Crippen molar-refractivity contribution in [3.63, 3.8) is 0 Å². The highest BCUT2D eigenvalue weighted by molar-refractivity contribution is 7.92. The molecule has 9 heteroatoms. The maximum Gasteiger partial charge on any atom is 0.244 e. The number of unbranched alkanes of at least 4 members (excludes halogenated alkanes) is 1. The molecule has 0 radical (unpaired) electrons. The van der Waals surface area contributed by atoms with Crippen molar-refractivity contribution >= 4 is 39.1 Å². The van der Waals surface area contributed by atoms with Crippen LogP contribution < -0.4 is 9.62 Å². The molecule has 0 saturated carbocycles. The normalized spacial score (nSPS) is 12.1. The zero-order valence-electron chi connectivity index (χ0n) is 18.6. The Kier molecular flexibility index (Phi) is 9.53. The minimum absolute atomic E-state index is 0.181. The molecule has 1 atom stereocenters. The van der Waals surface area contributed by atoms with Crippen molar-refractivity contribution in [2.24, 2.45) is 0 Å². The Hall–Kier alpha value is -2.58. The number of nitrogens with zero attached hydrogens (tertiary/aromatic N) is 2. The first-order valence-corrected chi connectivity index (χ1v) is 12.7. The first kappa shape index (κ1) is 25.7. The molecule has 0 heterocycles. The predicted octanol–water partition coefficient (Wildman–Crippen LogP) is 3.44. The number of hydrogen-bond acceptors (Lipinski definition) is 4. The number of sulfonamides is 1. The summed E-state index contributed by atoms with van der Waals surface area (Å²) in [4.78, 5) is 27.4. The van der Waals surface area contributed by atoms with Gasteiger partial charge in [-0.25, -0.2) is 8.42 Å². The fraction of sp³-hybridized carbons (Fsp3) is 0.391. The molecule has 0 aliphatic carbocycles. The predicted molar refractivity (Wildman–Crippen MR) is 128 cm³/mol. The van der Waals surface area contributed by atoms with Crippen LogP contribution in [-0.4, -0.2) is 50.5 Å². The van der Waals surface area contributed by atoms with Crippen LogP contribution in [0.1, 0.15) is 32.3 Å². The van der Waals surface area contributed by atoms with Gasteiger partial charge in [-0.3, -0.25) is 13.9 Å². The molecule has 174 valence electrons. The van der Waals surface area contributed by atoms with E-state index in [1.165, 1.54) is 4.90 Å². The smallest absolute Gasteiger partial charge is 0.244 e. The molecule has 2 rings (SSSR count). The number of nitrogens with one attached hydrogen (secondary N) is 1. The van der Waals surface area contributed by atoms with Crippen molar-refractivity contribution in [2.75, 3.05) is 23.7 Å². The first-order chi connectivity index (χ1) is 15.1. The summed E-state index contributed by atoms with van der Waals surface area (Å²) in [5.41, 5.74) is 1.16. The molecular formula is C23H30ClN3O4S. The van der Waals surface area contributed by atoms with E-state index in [0.29, 0.717) is 17.3 Å². The number of carbonyl (C=O) groups is 2. The third kappa shape index (κ3) is 7.53. The average molecular weight is 480 g/mol. The highest BCUT2D eigenvalue weighted by Crippen LogP contribution is 2.21. The quantitative estimate of drug-likeness (QED) is 0.500. The molecule has 1 N–H and O–H groups in total. The van der Waals surface area contributed by atoms with Gasteiger partial charge in [0.05, 0.1) is 11.9 Å². The van der Waals surface area contributed by atoms with Crippen molar-refractivity contribution < 1.29 is 18.0 Å². The van der Waals surface area contributed by atoms with E-state index in [1.54, 1.807) is 31.2 Å². The molecular weight excluding hydrogens is 450 g/mol. The van der Waals surface area contributed by atoms with E-state index < -0.39 is 28.5 Å². The Morgan fingerprint density at radius 1 is 1.06 bits per heavy atom. The minimum Gasteiger partial charge on any atom is -0.354 e. The summed E-state index contributed by atoms with van der Waals surface area (Å²) in [5.74, 6) is -0.757.